The highest BCUT2D eigenvalue weighted by Crippen LogP contribution is 2.24. The molecule has 0 bridgehead atoms. The number of ether oxygens (including phenoxy) is 1. The lowest BCUT2D eigenvalue weighted by Crippen LogP contribution is -2.44. The fourth-order valence-corrected chi connectivity index (χ4v) is 7.31. The van der Waals surface area contributed by atoms with E-state index in [-0.39, 0.29) is 5.97 Å². The summed E-state index contributed by atoms with van der Waals surface area (Å²) in [6, 6.07) is 0. The minimum atomic E-state index is 0.0169. The summed E-state index contributed by atoms with van der Waals surface area (Å²) in [5.41, 5.74) is 0. The second-order valence-electron chi connectivity index (χ2n) is 16.8. The van der Waals surface area contributed by atoms with Gasteiger partial charge in [-0.25, -0.2) is 0 Å². The molecular weight excluding hydrogens is 613 g/mol. The molecule has 0 aromatic rings. The molecule has 4 nitrogen and oxygen atoms in total. The Morgan fingerprint density at radius 1 is 0.620 bits per heavy atom. The van der Waals surface area contributed by atoms with Crippen molar-refractivity contribution < 1.29 is 9.53 Å². The average molecular weight is 701 g/mol. The van der Waals surface area contributed by atoms with Gasteiger partial charge < -0.3 is 14.5 Å². The lowest BCUT2D eigenvalue weighted by molar-refractivity contribution is -0.145. The quantitative estimate of drug-likeness (QED) is 0.0380. The first-order valence-electron chi connectivity index (χ1n) is 22.2. The van der Waals surface area contributed by atoms with Gasteiger partial charge in [-0.3, -0.25) is 4.79 Å². The molecule has 0 aliphatic carbocycles. The van der Waals surface area contributed by atoms with E-state index in [1.165, 1.54) is 161 Å². The number of piperazine rings is 1. The summed E-state index contributed by atoms with van der Waals surface area (Å²) in [6.07, 6.45) is 41.6. The Labute approximate surface area is 314 Å². The molecule has 1 aliphatic heterocycles. The van der Waals surface area contributed by atoms with E-state index in [1.807, 2.05) is 0 Å². The van der Waals surface area contributed by atoms with E-state index >= 15 is 0 Å². The van der Waals surface area contributed by atoms with E-state index in [1.54, 1.807) is 0 Å². The molecule has 2 unspecified atom stereocenters. The van der Waals surface area contributed by atoms with Crippen LogP contribution in [0.15, 0.2) is 24.3 Å². The van der Waals surface area contributed by atoms with Crippen LogP contribution in [0.25, 0.3) is 0 Å². The van der Waals surface area contributed by atoms with E-state index in [0.717, 1.165) is 31.6 Å². The number of rotatable bonds is 34. The molecule has 0 aromatic heterocycles. The lowest BCUT2D eigenvalue weighted by Gasteiger charge is -2.33. The molecule has 0 N–H and O–H groups in total. The second-order valence-corrected chi connectivity index (χ2v) is 16.8. The van der Waals surface area contributed by atoms with Crippen LogP contribution in [0.5, 0.6) is 0 Å². The molecular formula is C46H88N2O2. The van der Waals surface area contributed by atoms with Crippen LogP contribution in [-0.2, 0) is 9.53 Å². The molecule has 2 atom stereocenters. The third-order valence-corrected chi connectivity index (χ3v) is 11.3. The van der Waals surface area contributed by atoms with Gasteiger partial charge in [0, 0.05) is 32.6 Å². The van der Waals surface area contributed by atoms with Gasteiger partial charge in [-0.15, -0.1) is 0 Å². The number of carbonyl (C=O) groups is 1. The summed E-state index contributed by atoms with van der Waals surface area (Å²) in [5.74, 6) is 2.70. The number of esters is 1. The maximum Gasteiger partial charge on any atom is 0.305 e. The molecule has 0 saturated carbocycles. The van der Waals surface area contributed by atoms with Crippen molar-refractivity contribution in [3.8, 4) is 0 Å². The summed E-state index contributed by atoms with van der Waals surface area (Å²) < 4.78 is 5.69. The maximum atomic E-state index is 12.3. The average Bonchev–Trinajstić information content (AvgIpc) is 3.09. The van der Waals surface area contributed by atoms with Crippen LogP contribution >= 0.6 is 0 Å². The highest BCUT2D eigenvalue weighted by molar-refractivity contribution is 5.69. The molecule has 0 aromatic carbocycles. The van der Waals surface area contributed by atoms with Crippen molar-refractivity contribution in [1.82, 2.24) is 9.80 Å². The molecule has 1 rings (SSSR count). The van der Waals surface area contributed by atoms with Crippen LogP contribution in [0, 0.1) is 23.7 Å². The molecule has 0 spiro atoms. The summed E-state index contributed by atoms with van der Waals surface area (Å²) in [6.45, 7) is 18.2. The topological polar surface area (TPSA) is 32.8 Å². The van der Waals surface area contributed by atoms with Crippen molar-refractivity contribution >= 4 is 5.97 Å². The Morgan fingerprint density at radius 2 is 1.16 bits per heavy atom. The molecule has 1 heterocycles. The predicted molar refractivity (Wildman–Crippen MR) is 221 cm³/mol. The van der Waals surface area contributed by atoms with Gasteiger partial charge in [0.25, 0.3) is 0 Å². The molecule has 294 valence electrons. The van der Waals surface area contributed by atoms with Crippen molar-refractivity contribution in [1.29, 1.82) is 0 Å². The fraction of sp³-hybridized carbons (Fsp3) is 0.891. The van der Waals surface area contributed by atoms with Crippen molar-refractivity contribution in [2.24, 2.45) is 23.7 Å². The zero-order chi connectivity index (χ0) is 36.5. The van der Waals surface area contributed by atoms with Crippen LogP contribution in [0.4, 0.5) is 0 Å². The van der Waals surface area contributed by atoms with Crippen LogP contribution < -0.4 is 0 Å². The van der Waals surface area contributed by atoms with Gasteiger partial charge in [-0.1, -0.05) is 162 Å². The molecule has 1 saturated heterocycles. The minimum Gasteiger partial charge on any atom is -0.465 e. The van der Waals surface area contributed by atoms with Crippen molar-refractivity contribution in [3.05, 3.63) is 24.3 Å². The Kier molecular flexibility index (Phi) is 31.6. The summed E-state index contributed by atoms with van der Waals surface area (Å²) >= 11 is 0. The van der Waals surface area contributed by atoms with Gasteiger partial charge in [0.1, 0.15) is 0 Å². The minimum absolute atomic E-state index is 0.0169. The highest BCUT2D eigenvalue weighted by atomic mass is 16.5. The third-order valence-electron chi connectivity index (χ3n) is 11.3. The van der Waals surface area contributed by atoms with Gasteiger partial charge in [-0.05, 0) is 88.6 Å². The first-order chi connectivity index (χ1) is 24.3. The first-order valence-corrected chi connectivity index (χ1v) is 22.2. The fourth-order valence-electron chi connectivity index (χ4n) is 7.31. The molecule has 0 radical (unpaired) electrons. The van der Waals surface area contributed by atoms with Crippen molar-refractivity contribution in [2.45, 2.75) is 195 Å². The Hall–Kier alpha value is -1.13. The smallest absolute Gasteiger partial charge is 0.305 e. The number of unbranched alkanes of at least 4 members (excludes halogenated alkanes) is 15. The Bertz CT molecular complexity index is 798. The van der Waals surface area contributed by atoms with Gasteiger partial charge >= 0.3 is 5.97 Å². The first kappa shape index (κ1) is 46.9. The van der Waals surface area contributed by atoms with Gasteiger partial charge in [0.2, 0.25) is 0 Å². The van der Waals surface area contributed by atoms with Gasteiger partial charge in [-0.2, -0.15) is 0 Å². The highest BCUT2D eigenvalue weighted by Gasteiger charge is 2.17. The SMILES string of the molecule is CCCCC/C=C\C/C=C\CCCCCCCCCC(CCCCCCCCC(=O)OCC(CCC(C)C)C(C)C)CCN1CCN(C)CC1. The van der Waals surface area contributed by atoms with Crippen molar-refractivity contribution in [3.63, 3.8) is 0 Å². The van der Waals surface area contributed by atoms with Crippen LogP contribution in [-0.4, -0.2) is 62.1 Å². The third kappa shape index (κ3) is 29.4. The normalized spacial score (nSPS) is 16.0. The zero-order valence-corrected chi connectivity index (χ0v) is 34.8. The number of nitrogens with zero attached hydrogens (tertiary/aromatic N) is 2. The Morgan fingerprint density at radius 3 is 1.72 bits per heavy atom. The lowest BCUT2D eigenvalue weighted by atomic mass is 9.89. The van der Waals surface area contributed by atoms with E-state index in [9.17, 15) is 4.79 Å². The van der Waals surface area contributed by atoms with Crippen LogP contribution in [0.2, 0.25) is 0 Å². The maximum absolute atomic E-state index is 12.3. The van der Waals surface area contributed by atoms with E-state index < -0.39 is 0 Å². The number of hydrogen-bond donors (Lipinski definition) is 0. The molecule has 0 amide bonds. The van der Waals surface area contributed by atoms with Crippen LogP contribution in [0.1, 0.15) is 195 Å². The zero-order valence-electron chi connectivity index (χ0n) is 34.8. The molecule has 1 aliphatic rings. The molecule has 4 heteroatoms. The monoisotopic (exact) mass is 701 g/mol. The van der Waals surface area contributed by atoms with E-state index in [0.29, 0.717) is 30.8 Å². The predicted octanol–water partition coefficient (Wildman–Crippen LogP) is 13.2. The summed E-state index contributed by atoms with van der Waals surface area (Å²) in [7, 11) is 2.26. The number of likely N-dealkylation sites (N-methyl/N-ethyl adjacent to an activating group) is 1. The summed E-state index contributed by atoms with van der Waals surface area (Å²) in [4.78, 5) is 17.5. The summed E-state index contributed by atoms with van der Waals surface area (Å²) in [5, 5.41) is 0. The number of hydrogen-bond acceptors (Lipinski definition) is 4. The second kappa shape index (κ2) is 33.7. The molecule has 1 fully saturated rings. The van der Waals surface area contributed by atoms with Crippen LogP contribution in [0.3, 0.4) is 0 Å². The standard InChI is InChI=1S/C46H88N2O2/c1-7-8-9-10-11-12-13-14-15-16-17-18-19-20-21-24-27-30-44(35-36-48-39-37-47(6)38-40-48)31-28-25-22-23-26-29-32-46(49)50-41-45(43(4)5)34-33-42(2)3/h11-12,14-15,42-45H,7-10,13,16-41H2,1-6H3/b12-11-,15-14-. The Balaban J connectivity index is 2.16. The number of carbonyl (C=O) groups excluding carboxylic acids is 1. The van der Waals surface area contributed by atoms with E-state index in [4.69, 9.17) is 4.74 Å². The molecule has 50 heavy (non-hydrogen) atoms. The number of allylic oxidation sites excluding steroid dienone is 4. The largest absolute Gasteiger partial charge is 0.465 e. The van der Waals surface area contributed by atoms with E-state index in [2.05, 4.69) is 75.8 Å². The van der Waals surface area contributed by atoms with Gasteiger partial charge in [0.05, 0.1) is 6.61 Å². The van der Waals surface area contributed by atoms with Crippen molar-refractivity contribution in [2.75, 3.05) is 46.4 Å². The van der Waals surface area contributed by atoms with Gasteiger partial charge in [0.15, 0.2) is 0 Å².